The van der Waals surface area contributed by atoms with Crippen LogP contribution in [-0.2, 0) is 6.42 Å². The SMILES string of the molecule is CCc1c[c]c(Br)c(Br)c1. The molecule has 1 aromatic rings. The van der Waals surface area contributed by atoms with Crippen molar-refractivity contribution < 1.29 is 0 Å². The molecule has 0 aromatic heterocycles. The van der Waals surface area contributed by atoms with E-state index in [0.717, 1.165) is 15.4 Å². The molecular formula is C8H7Br2. The van der Waals surface area contributed by atoms with Crippen LogP contribution in [0.2, 0.25) is 0 Å². The summed E-state index contributed by atoms with van der Waals surface area (Å²) >= 11 is 6.76. The normalized spacial score (nSPS) is 9.90. The smallest absolute Gasteiger partial charge is 0.0396 e. The summed E-state index contributed by atoms with van der Waals surface area (Å²) in [6.45, 7) is 2.13. The van der Waals surface area contributed by atoms with E-state index in [1.54, 1.807) is 0 Å². The van der Waals surface area contributed by atoms with Crippen LogP contribution in [0.5, 0.6) is 0 Å². The van der Waals surface area contributed by atoms with Crippen molar-refractivity contribution in [2.45, 2.75) is 13.3 Å². The highest BCUT2D eigenvalue weighted by molar-refractivity contribution is 9.13. The van der Waals surface area contributed by atoms with Gasteiger partial charge in [-0.05, 0) is 62.0 Å². The summed E-state index contributed by atoms with van der Waals surface area (Å²) < 4.78 is 2.07. The molecule has 0 aliphatic heterocycles. The lowest BCUT2D eigenvalue weighted by Crippen LogP contribution is -1.79. The van der Waals surface area contributed by atoms with Gasteiger partial charge in [0.25, 0.3) is 0 Å². The predicted octanol–water partition coefficient (Wildman–Crippen LogP) is 3.57. The molecule has 1 radical (unpaired) electrons. The second kappa shape index (κ2) is 3.54. The van der Waals surface area contributed by atoms with E-state index in [0.29, 0.717) is 0 Å². The third-order valence-corrected chi connectivity index (χ3v) is 3.13. The molecule has 0 bridgehead atoms. The van der Waals surface area contributed by atoms with E-state index in [2.05, 4.69) is 50.9 Å². The molecule has 0 aliphatic carbocycles. The van der Waals surface area contributed by atoms with Crippen LogP contribution in [-0.4, -0.2) is 0 Å². The Bertz CT molecular complexity index is 231. The molecule has 10 heavy (non-hydrogen) atoms. The highest BCUT2D eigenvalue weighted by Gasteiger charge is 1.95. The summed E-state index contributed by atoms with van der Waals surface area (Å²) in [7, 11) is 0. The minimum Gasteiger partial charge on any atom is -0.0613 e. The molecule has 0 nitrogen and oxygen atoms in total. The Kier molecular flexibility index (Phi) is 2.93. The molecule has 0 spiro atoms. The zero-order valence-electron chi connectivity index (χ0n) is 5.62. The Morgan fingerprint density at radius 2 is 2.20 bits per heavy atom. The number of halogens is 2. The molecule has 1 aromatic carbocycles. The standard InChI is InChI=1S/C8H7Br2/c1-2-6-3-4-7(9)8(10)5-6/h3,5H,2H2,1H3. The first-order valence-electron chi connectivity index (χ1n) is 3.09. The van der Waals surface area contributed by atoms with Gasteiger partial charge in [-0.25, -0.2) is 0 Å². The van der Waals surface area contributed by atoms with Crippen LogP contribution in [0.4, 0.5) is 0 Å². The quantitative estimate of drug-likeness (QED) is 0.726. The predicted molar refractivity (Wildman–Crippen MR) is 50.1 cm³/mol. The van der Waals surface area contributed by atoms with Crippen LogP contribution in [0, 0.1) is 6.07 Å². The lowest BCUT2D eigenvalue weighted by Gasteiger charge is -1.97. The maximum Gasteiger partial charge on any atom is 0.0396 e. The lowest BCUT2D eigenvalue weighted by molar-refractivity contribution is 1.13. The minimum absolute atomic E-state index is 0.990. The Hall–Kier alpha value is 0.180. The summed E-state index contributed by atoms with van der Waals surface area (Å²) in [6.07, 6.45) is 1.06. The number of rotatable bonds is 1. The van der Waals surface area contributed by atoms with Gasteiger partial charge < -0.3 is 0 Å². The first-order valence-corrected chi connectivity index (χ1v) is 4.68. The zero-order valence-corrected chi connectivity index (χ0v) is 8.79. The zero-order chi connectivity index (χ0) is 7.56. The Morgan fingerprint density at radius 3 is 2.70 bits per heavy atom. The highest BCUT2D eigenvalue weighted by atomic mass is 79.9. The number of hydrogen-bond acceptors (Lipinski definition) is 0. The molecule has 0 amide bonds. The molecule has 0 N–H and O–H groups in total. The van der Waals surface area contributed by atoms with E-state index < -0.39 is 0 Å². The van der Waals surface area contributed by atoms with Crippen LogP contribution in [0.25, 0.3) is 0 Å². The van der Waals surface area contributed by atoms with Crippen LogP contribution < -0.4 is 0 Å². The van der Waals surface area contributed by atoms with E-state index in [1.807, 2.05) is 6.07 Å². The van der Waals surface area contributed by atoms with Crippen molar-refractivity contribution in [2.24, 2.45) is 0 Å². The average molecular weight is 263 g/mol. The van der Waals surface area contributed by atoms with E-state index in [1.165, 1.54) is 5.56 Å². The van der Waals surface area contributed by atoms with Crippen LogP contribution in [0.1, 0.15) is 12.5 Å². The maximum atomic E-state index is 3.41. The van der Waals surface area contributed by atoms with Crippen molar-refractivity contribution in [3.63, 3.8) is 0 Å². The van der Waals surface area contributed by atoms with Crippen molar-refractivity contribution >= 4 is 31.9 Å². The summed E-state index contributed by atoms with van der Waals surface area (Å²) in [5, 5.41) is 0. The van der Waals surface area contributed by atoms with Gasteiger partial charge >= 0.3 is 0 Å². The van der Waals surface area contributed by atoms with Crippen LogP contribution >= 0.6 is 31.9 Å². The van der Waals surface area contributed by atoms with Gasteiger partial charge in [-0.15, -0.1) is 0 Å². The average Bonchev–Trinajstić information content (AvgIpc) is 1.95. The first kappa shape index (κ1) is 8.28. The number of aryl methyl sites for hydroxylation is 1. The fourth-order valence-corrected chi connectivity index (χ4v) is 1.33. The molecule has 1 rings (SSSR count). The van der Waals surface area contributed by atoms with Crippen molar-refractivity contribution in [3.05, 3.63) is 32.7 Å². The summed E-state index contributed by atoms with van der Waals surface area (Å²) in [5.74, 6) is 0. The molecule has 0 aliphatic rings. The maximum absolute atomic E-state index is 3.41. The van der Waals surface area contributed by atoms with Gasteiger partial charge in [-0.2, -0.15) is 0 Å². The molecule has 2 heteroatoms. The molecule has 0 saturated carbocycles. The number of benzene rings is 1. The molecule has 0 atom stereocenters. The van der Waals surface area contributed by atoms with Crippen molar-refractivity contribution in [3.8, 4) is 0 Å². The molecule has 0 fully saturated rings. The fraction of sp³-hybridized carbons (Fsp3) is 0.250. The summed E-state index contributed by atoms with van der Waals surface area (Å²) in [5.41, 5.74) is 1.30. The molecule has 0 heterocycles. The van der Waals surface area contributed by atoms with Gasteiger partial charge in [-0.1, -0.05) is 6.92 Å². The van der Waals surface area contributed by atoms with Gasteiger partial charge in [0.15, 0.2) is 0 Å². The summed E-state index contributed by atoms with van der Waals surface area (Å²) in [4.78, 5) is 0. The highest BCUT2D eigenvalue weighted by Crippen LogP contribution is 2.23. The lowest BCUT2D eigenvalue weighted by atomic mass is 10.2. The first-order chi connectivity index (χ1) is 4.74. The molecular weight excluding hydrogens is 256 g/mol. The van der Waals surface area contributed by atoms with Crippen molar-refractivity contribution in [1.29, 1.82) is 0 Å². The Labute approximate surface area is 77.9 Å². The van der Waals surface area contributed by atoms with Gasteiger partial charge in [0.05, 0.1) is 0 Å². The second-order valence-corrected chi connectivity index (χ2v) is 3.67. The van der Waals surface area contributed by atoms with E-state index in [-0.39, 0.29) is 0 Å². The van der Waals surface area contributed by atoms with E-state index in [4.69, 9.17) is 0 Å². The Morgan fingerprint density at radius 1 is 1.50 bits per heavy atom. The molecule has 0 saturated heterocycles. The molecule has 53 valence electrons. The Balaban J connectivity index is 3.04. The van der Waals surface area contributed by atoms with Crippen molar-refractivity contribution in [1.82, 2.24) is 0 Å². The monoisotopic (exact) mass is 261 g/mol. The van der Waals surface area contributed by atoms with Crippen LogP contribution in [0.15, 0.2) is 21.1 Å². The minimum atomic E-state index is 0.990. The third-order valence-electron chi connectivity index (χ3n) is 1.31. The van der Waals surface area contributed by atoms with Crippen molar-refractivity contribution in [2.75, 3.05) is 0 Å². The third kappa shape index (κ3) is 1.83. The van der Waals surface area contributed by atoms with Gasteiger partial charge in [0.2, 0.25) is 0 Å². The van der Waals surface area contributed by atoms with Gasteiger partial charge in [0.1, 0.15) is 0 Å². The second-order valence-electron chi connectivity index (χ2n) is 2.02. The number of hydrogen-bond donors (Lipinski definition) is 0. The summed E-state index contributed by atoms with van der Waals surface area (Å²) in [6, 6.07) is 7.18. The fourth-order valence-electron chi connectivity index (χ4n) is 0.697. The van der Waals surface area contributed by atoms with Crippen LogP contribution in [0.3, 0.4) is 0 Å². The van der Waals surface area contributed by atoms with Gasteiger partial charge in [-0.3, -0.25) is 0 Å². The topological polar surface area (TPSA) is 0 Å². The van der Waals surface area contributed by atoms with Gasteiger partial charge in [0, 0.05) is 8.95 Å². The van der Waals surface area contributed by atoms with E-state index in [9.17, 15) is 0 Å². The largest absolute Gasteiger partial charge is 0.0613 e. The van der Waals surface area contributed by atoms with E-state index >= 15 is 0 Å². The molecule has 0 unspecified atom stereocenters.